The lowest BCUT2D eigenvalue weighted by atomic mass is 9.98. The number of hydrogen-bond acceptors (Lipinski definition) is 12. The normalized spacial score (nSPS) is 42.1. The van der Waals surface area contributed by atoms with Crippen LogP contribution in [0.2, 0.25) is 0 Å². The molecule has 2 heterocycles. The van der Waals surface area contributed by atoms with Crippen molar-refractivity contribution in [3.8, 4) is 0 Å². The first-order valence-electron chi connectivity index (χ1n) is 10.0. The van der Waals surface area contributed by atoms with Gasteiger partial charge in [0.05, 0.1) is 6.61 Å². The van der Waals surface area contributed by atoms with Crippen LogP contribution >= 0.6 is 0 Å². The maximum absolute atomic E-state index is 11.8. The predicted octanol–water partition coefficient (Wildman–Crippen LogP) is -3.27. The van der Waals surface area contributed by atoms with Gasteiger partial charge in [-0.1, -0.05) is 19.8 Å². The lowest BCUT2D eigenvalue weighted by Crippen LogP contribution is -2.63. The molecule has 0 aliphatic carbocycles. The third kappa shape index (κ3) is 6.07. The van der Waals surface area contributed by atoms with Crippen molar-refractivity contribution in [1.82, 2.24) is 0 Å². The van der Waals surface area contributed by atoms with E-state index in [-0.39, 0.29) is 6.42 Å². The third-order valence-corrected chi connectivity index (χ3v) is 5.18. The standard InChI is InChI=1S/C18H32O12/c1-2-3-4-5-10(20)27-7-9-12(22)14(24)16(26)18(29-9)30-17-15(25)13(23)11(21)8(6-19)28-17/h8-9,11-19,21-26H,2-7H2,1H3. The van der Waals surface area contributed by atoms with Crippen LogP contribution in [-0.2, 0) is 23.7 Å². The van der Waals surface area contributed by atoms with E-state index in [1.165, 1.54) is 0 Å². The van der Waals surface area contributed by atoms with Gasteiger partial charge in [0.15, 0.2) is 12.6 Å². The van der Waals surface area contributed by atoms with Gasteiger partial charge in [-0.15, -0.1) is 0 Å². The van der Waals surface area contributed by atoms with E-state index in [1.54, 1.807) is 0 Å². The van der Waals surface area contributed by atoms with Crippen molar-refractivity contribution < 1.29 is 59.5 Å². The van der Waals surface area contributed by atoms with Crippen molar-refractivity contribution in [2.75, 3.05) is 13.2 Å². The fourth-order valence-electron chi connectivity index (χ4n) is 3.25. The highest BCUT2D eigenvalue weighted by Crippen LogP contribution is 2.28. The molecule has 10 atom stereocenters. The highest BCUT2D eigenvalue weighted by atomic mass is 16.8. The molecule has 176 valence electrons. The Labute approximate surface area is 173 Å². The largest absolute Gasteiger partial charge is 0.463 e. The van der Waals surface area contributed by atoms with Crippen LogP contribution in [0.25, 0.3) is 0 Å². The molecule has 2 rings (SSSR count). The first-order chi connectivity index (χ1) is 14.2. The average molecular weight is 440 g/mol. The summed E-state index contributed by atoms with van der Waals surface area (Å²) in [5.74, 6) is -0.508. The highest BCUT2D eigenvalue weighted by Gasteiger charge is 2.49. The topological polar surface area (TPSA) is 196 Å². The Hall–Kier alpha value is -0.930. The Kier molecular flexibility index (Phi) is 9.81. The van der Waals surface area contributed by atoms with E-state index in [0.29, 0.717) is 6.42 Å². The van der Waals surface area contributed by atoms with Gasteiger partial charge in [0, 0.05) is 6.42 Å². The summed E-state index contributed by atoms with van der Waals surface area (Å²) in [7, 11) is 0. The Morgan fingerprint density at radius 1 is 0.800 bits per heavy atom. The smallest absolute Gasteiger partial charge is 0.305 e. The van der Waals surface area contributed by atoms with Crippen LogP contribution in [0.3, 0.4) is 0 Å². The van der Waals surface area contributed by atoms with Crippen molar-refractivity contribution in [3.63, 3.8) is 0 Å². The van der Waals surface area contributed by atoms with Crippen LogP contribution in [0.5, 0.6) is 0 Å². The van der Waals surface area contributed by atoms with E-state index < -0.39 is 80.6 Å². The van der Waals surface area contributed by atoms with Gasteiger partial charge in [-0.2, -0.15) is 0 Å². The number of carbonyl (C=O) groups is 1. The molecule has 2 saturated heterocycles. The van der Waals surface area contributed by atoms with Gasteiger partial charge in [0.1, 0.15) is 55.4 Å². The minimum absolute atomic E-state index is 0.187. The molecule has 12 heteroatoms. The van der Waals surface area contributed by atoms with Gasteiger partial charge >= 0.3 is 5.97 Å². The summed E-state index contributed by atoms with van der Waals surface area (Å²) in [5.41, 5.74) is 0. The molecular formula is C18H32O12. The minimum Gasteiger partial charge on any atom is -0.463 e. The van der Waals surface area contributed by atoms with Crippen LogP contribution in [0.4, 0.5) is 0 Å². The van der Waals surface area contributed by atoms with Gasteiger partial charge in [-0.05, 0) is 6.42 Å². The Morgan fingerprint density at radius 3 is 1.87 bits per heavy atom. The number of hydrogen-bond donors (Lipinski definition) is 7. The summed E-state index contributed by atoms with van der Waals surface area (Å²) in [6, 6.07) is 0. The number of esters is 1. The summed E-state index contributed by atoms with van der Waals surface area (Å²) in [4.78, 5) is 11.8. The molecule has 0 aromatic heterocycles. The van der Waals surface area contributed by atoms with Gasteiger partial charge in [0.25, 0.3) is 0 Å². The zero-order valence-corrected chi connectivity index (χ0v) is 16.7. The SMILES string of the molecule is CCCCCC(=O)OCC1OC(OC2OC(CO)C(O)C(O)C2O)C(O)C(O)C1O. The quantitative estimate of drug-likeness (QED) is 0.140. The molecule has 10 unspecified atom stereocenters. The van der Waals surface area contributed by atoms with Crippen molar-refractivity contribution in [1.29, 1.82) is 0 Å². The van der Waals surface area contributed by atoms with E-state index >= 15 is 0 Å². The monoisotopic (exact) mass is 440 g/mol. The van der Waals surface area contributed by atoms with Crippen LogP contribution in [0.1, 0.15) is 32.6 Å². The maximum Gasteiger partial charge on any atom is 0.305 e. The second kappa shape index (κ2) is 11.6. The molecule has 2 aliphatic heterocycles. The van der Waals surface area contributed by atoms with E-state index in [1.807, 2.05) is 6.92 Å². The molecule has 12 nitrogen and oxygen atoms in total. The lowest BCUT2D eigenvalue weighted by molar-refractivity contribution is -0.376. The molecule has 0 spiro atoms. The molecule has 7 N–H and O–H groups in total. The Morgan fingerprint density at radius 2 is 1.33 bits per heavy atom. The molecule has 2 fully saturated rings. The number of carbonyl (C=O) groups excluding carboxylic acids is 1. The predicted molar refractivity (Wildman–Crippen MR) is 96.6 cm³/mol. The first-order valence-corrected chi connectivity index (χ1v) is 10.0. The Balaban J connectivity index is 1.97. The molecular weight excluding hydrogens is 408 g/mol. The van der Waals surface area contributed by atoms with Crippen molar-refractivity contribution >= 4 is 5.97 Å². The second-order valence-electron chi connectivity index (χ2n) is 7.49. The minimum atomic E-state index is -1.76. The molecule has 0 radical (unpaired) electrons. The van der Waals surface area contributed by atoms with Crippen LogP contribution in [0, 0.1) is 0 Å². The first kappa shape index (κ1) is 25.3. The van der Waals surface area contributed by atoms with Crippen molar-refractivity contribution in [2.24, 2.45) is 0 Å². The number of aliphatic hydroxyl groups excluding tert-OH is 7. The molecule has 2 aliphatic rings. The van der Waals surface area contributed by atoms with Gasteiger partial charge < -0.3 is 54.7 Å². The summed E-state index contributed by atoms with van der Waals surface area (Å²) in [5, 5.41) is 69.2. The van der Waals surface area contributed by atoms with Crippen LogP contribution < -0.4 is 0 Å². The fraction of sp³-hybridized carbons (Fsp3) is 0.944. The Bertz CT molecular complexity index is 531. The molecule has 0 aromatic rings. The van der Waals surface area contributed by atoms with Crippen molar-refractivity contribution in [3.05, 3.63) is 0 Å². The fourth-order valence-corrected chi connectivity index (χ4v) is 3.25. The molecule has 0 amide bonds. The molecule has 0 saturated carbocycles. The summed E-state index contributed by atoms with van der Waals surface area (Å²) < 4.78 is 20.9. The van der Waals surface area contributed by atoms with E-state index in [9.17, 15) is 40.5 Å². The molecule has 0 bridgehead atoms. The van der Waals surface area contributed by atoms with Crippen LogP contribution in [0.15, 0.2) is 0 Å². The zero-order chi connectivity index (χ0) is 22.4. The summed E-state index contributed by atoms with van der Waals surface area (Å²) >= 11 is 0. The second-order valence-corrected chi connectivity index (χ2v) is 7.49. The van der Waals surface area contributed by atoms with Crippen molar-refractivity contribution in [2.45, 2.75) is 94.0 Å². The summed E-state index contributed by atoms with van der Waals surface area (Å²) in [6.45, 7) is 0.890. The van der Waals surface area contributed by atoms with E-state index in [2.05, 4.69) is 0 Å². The molecule has 0 aromatic carbocycles. The lowest BCUT2D eigenvalue weighted by Gasteiger charge is -2.44. The zero-order valence-electron chi connectivity index (χ0n) is 16.7. The van der Waals surface area contributed by atoms with E-state index in [4.69, 9.17) is 18.9 Å². The average Bonchev–Trinajstić information content (AvgIpc) is 2.73. The number of aliphatic hydroxyl groups is 7. The number of unbranched alkanes of at least 4 members (excludes halogenated alkanes) is 2. The molecule has 30 heavy (non-hydrogen) atoms. The summed E-state index contributed by atoms with van der Waals surface area (Å²) in [6.07, 6.45) is -13.3. The van der Waals surface area contributed by atoms with Gasteiger partial charge in [-0.3, -0.25) is 4.79 Å². The number of rotatable bonds is 9. The number of ether oxygens (including phenoxy) is 4. The van der Waals surface area contributed by atoms with Crippen LogP contribution in [-0.4, -0.2) is 116 Å². The third-order valence-electron chi connectivity index (χ3n) is 5.18. The van der Waals surface area contributed by atoms with Gasteiger partial charge in [-0.25, -0.2) is 0 Å². The maximum atomic E-state index is 11.8. The highest BCUT2D eigenvalue weighted by molar-refractivity contribution is 5.69. The van der Waals surface area contributed by atoms with E-state index in [0.717, 1.165) is 12.8 Å². The van der Waals surface area contributed by atoms with Gasteiger partial charge in [0.2, 0.25) is 0 Å².